The molecule has 4 nitrogen and oxygen atoms in total. The second-order valence-corrected chi connectivity index (χ2v) is 5.32. The van der Waals surface area contributed by atoms with Gasteiger partial charge in [0.15, 0.2) is 0 Å². The molecular weight excluding hydrogens is 277 g/mol. The molecule has 6 heteroatoms. The van der Waals surface area contributed by atoms with E-state index in [9.17, 15) is 4.39 Å². The lowest BCUT2D eigenvalue weighted by Crippen LogP contribution is -2.18. The Bertz CT molecular complexity index is 515. The quantitative estimate of drug-likeness (QED) is 0.580. The average Bonchev–Trinajstić information content (AvgIpc) is 2.91. The molecule has 0 fully saturated rings. The van der Waals surface area contributed by atoms with Gasteiger partial charge >= 0.3 is 0 Å². The molecule has 108 valence electrons. The maximum atomic E-state index is 12.8. The van der Waals surface area contributed by atoms with Crippen molar-refractivity contribution in [3.8, 4) is 0 Å². The molecule has 0 radical (unpaired) electrons. The lowest BCUT2D eigenvalue weighted by atomic mass is 10.4. The van der Waals surface area contributed by atoms with E-state index < -0.39 is 0 Å². The molecule has 2 aromatic rings. The molecule has 20 heavy (non-hydrogen) atoms. The van der Waals surface area contributed by atoms with Crippen LogP contribution in [0.25, 0.3) is 0 Å². The van der Waals surface area contributed by atoms with Crippen molar-refractivity contribution in [2.24, 2.45) is 0 Å². The molecule has 0 saturated carbocycles. The summed E-state index contributed by atoms with van der Waals surface area (Å²) in [5.41, 5.74) is 1.05. The minimum atomic E-state index is -0.211. The van der Waals surface area contributed by atoms with E-state index in [2.05, 4.69) is 15.3 Å². The van der Waals surface area contributed by atoms with Crippen LogP contribution in [0.2, 0.25) is 0 Å². The van der Waals surface area contributed by atoms with Gasteiger partial charge in [-0.25, -0.2) is 9.37 Å². The molecule has 0 amide bonds. The number of ether oxygens (including phenoxy) is 1. The Hall–Kier alpha value is -1.37. The van der Waals surface area contributed by atoms with Crippen LogP contribution >= 0.6 is 11.8 Å². The van der Waals surface area contributed by atoms with Gasteiger partial charge in [0.05, 0.1) is 12.4 Å². The van der Waals surface area contributed by atoms with Crippen LogP contribution in [0.3, 0.4) is 0 Å². The van der Waals surface area contributed by atoms with E-state index in [1.165, 1.54) is 12.1 Å². The maximum absolute atomic E-state index is 12.8. The van der Waals surface area contributed by atoms with Gasteiger partial charge in [-0.1, -0.05) is 0 Å². The monoisotopic (exact) mass is 295 g/mol. The van der Waals surface area contributed by atoms with Crippen LogP contribution < -0.4 is 5.32 Å². The van der Waals surface area contributed by atoms with E-state index in [0.29, 0.717) is 6.61 Å². The summed E-state index contributed by atoms with van der Waals surface area (Å²) < 4.78 is 17.7. The van der Waals surface area contributed by atoms with Gasteiger partial charge in [-0.3, -0.25) is 0 Å². The zero-order chi connectivity index (χ0) is 14.2. The third-order valence-electron chi connectivity index (χ3n) is 2.67. The van der Waals surface area contributed by atoms with Crippen LogP contribution in [0, 0.1) is 5.82 Å². The van der Waals surface area contributed by atoms with E-state index >= 15 is 0 Å². The number of hydrogen-bond acceptors (Lipinski definition) is 4. The minimum absolute atomic E-state index is 0.211. The highest BCUT2D eigenvalue weighted by Crippen LogP contribution is 2.21. The maximum Gasteiger partial charge on any atom is 0.123 e. The molecule has 2 N–H and O–H groups in total. The number of rotatable bonds is 8. The van der Waals surface area contributed by atoms with E-state index in [4.69, 9.17) is 4.74 Å². The van der Waals surface area contributed by atoms with Gasteiger partial charge in [0.2, 0.25) is 0 Å². The van der Waals surface area contributed by atoms with Crippen molar-refractivity contribution >= 4 is 11.8 Å². The van der Waals surface area contributed by atoms with Gasteiger partial charge in [0.25, 0.3) is 0 Å². The van der Waals surface area contributed by atoms with Crippen molar-refractivity contribution in [2.75, 3.05) is 20.3 Å². The Morgan fingerprint density at radius 2 is 2.15 bits per heavy atom. The van der Waals surface area contributed by atoms with Gasteiger partial charge in [-0.15, -0.1) is 11.8 Å². The van der Waals surface area contributed by atoms with Crippen molar-refractivity contribution < 1.29 is 9.13 Å². The average molecular weight is 295 g/mol. The fraction of sp³-hybridized carbons (Fsp3) is 0.357. The van der Waals surface area contributed by atoms with Crippen molar-refractivity contribution in [3.63, 3.8) is 0 Å². The summed E-state index contributed by atoms with van der Waals surface area (Å²) in [6.07, 6.45) is 1.83. The van der Waals surface area contributed by atoms with Crippen LogP contribution in [-0.4, -0.2) is 30.2 Å². The molecule has 0 atom stereocenters. The summed E-state index contributed by atoms with van der Waals surface area (Å²) in [5.74, 6) is 1.45. The Morgan fingerprint density at radius 1 is 1.35 bits per heavy atom. The van der Waals surface area contributed by atoms with Gasteiger partial charge in [-0.05, 0) is 24.3 Å². The summed E-state index contributed by atoms with van der Waals surface area (Å²) >= 11 is 1.63. The molecule has 1 aromatic heterocycles. The molecule has 0 aliphatic carbocycles. The first-order valence-corrected chi connectivity index (χ1v) is 7.37. The summed E-state index contributed by atoms with van der Waals surface area (Å²) in [6, 6.07) is 6.48. The predicted octanol–water partition coefficient (Wildman–Crippen LogP) is 2.58. The lowest BCUT2D eigenvalue weighted by molar-refractivity contribution is 0.199. The highest BCUT2D eigenvalue weighted by atomic mass is 32.2. The van der Waals surface area contributed by atoms with Gasteiger partial charge in [0.1, 0.15) is 11.6 Å². The van der Waals surface area contributed by atoms with Gasteiger partial charge in [-0.2, -0.15) is 0 Å². The Balaban J connectivity index is 1.76. The number of methoxy groups -OCH3 is 1. The second-order valence-electron chi connectivity index (χ2n) is 4.27. The molecule has 0 aliphatic heterocycles. The first kappa shape index (κ1) is 15.0. The van der Waals surface area contributed by atoms with E-state index in [-0.39, 0.29) is 5.82 Å². The molecule has 1 heterocycles. The number of thioether (sulfide) groups is 1. The number of halogens is 1. The summed E-state index contributed by atoms with van der Waals surface area (Å²) in [4.78, 5) is 8.62. The standard InChI is InChI=1S/C14H18FN3OS/c1-19-7-6-16-8-12-9-17-14(18-12)10-20-13-4-2-11(15)3-5-13/h2-5,9,16H,6-8,10H2,1H3,(H,17,18). The lowest BCUT2D eigenvalue weighted by Gasteiger charge is -2.01. The largest absolute Gasteiger partial charge is 0.383 e. The van der Waals surface area contributed by atoms with E-state index in [1.54, 1.807) is 31.0 Å². The van der Waals surface area contributed by atoms with Gasteiger partial charge < -0.3 is 15.0 Å². The van der Waals surface area contributed by atoms with Crippen molar-refractivity contribution in [1.29, 1.82) is 0 Å². The topological polar surface area (TPSA) is 49.9 Å². The number of hydrogen-bond donors (Lipinski definition) is 2. The third-order valence-corrected chi connectivity index (χ3v) is 3.69. The normalized spacial score (nSPS) is 10.9. The van der Waals surface area contributed by atoms with Crippen molar-refractivity contribution in [2.45, 2.75) is 17.2 Å². The van der Waals surface area contributed by atoms with E-state index in [1.807, 2.05) is 6.20 Å². The van der Waals surface area contributed by atoms with Crippen molar-refractivity contribution in [1.82, 2.24) is 15.3 Å². The Morgan fingerprint density at radius 3 is 2.90 bits per heavy atom. The third kappa shape index (κ3) is 4.96. The molecule has 0 unspecified atom stereocenters. The first-order valence-electron chi connectivity index (χ1n) is 6.38. The highest BCUT2D eigenvalue weighted by Gasteiger charge is 2.02. The fourth-order valence-corrected chi connectivity index (χ4v) is 2.43. The van der Waals surface area contributed by atoms with Crippen LogP contribution in [-0.2, 0) is 17.0 Å². The molecule has 0 spiro atoms. The predicted molar refractivity (Wildman–Crippen MR) is 78.1 cm³/mol. The number of aromatic amines is 1. The first-order chi connectivity index (χ1) is 9.78. The molecule has 0 bridgehead atoms. The smallest absolute Gasteiger partial charge is 0.123 e. The molecule has 0 aliphatic rings. The zero-order valence-corrected chi connectivity index (χ0v) is 12.2. The minimum Gasteiger partial charge on any atom is -0.383 e. The zero-order valence-electron chi connectivity index (χ0n) is 11.4. The van der Waals surface area contributed by atoms with E-state index in [0.717, 1.165) is 35.3 Å². The number of aromatic nitrogens is 2. The number of imidazole rings is 1. The number of benzene rings is 1. The highest BCUT2D eigenvalue weighted by molar-refractivity contribution is 7.98. The summed E-state index contributed by atoms with van der Waals surface area (Å²) in [5, 5.41) is 3.25. The number of nitrogens with zero attached hydrogens (tertiary/aromatic N) is 1. The van der Waals surface area contributed by atoms with Crippen LogP contribution in [0.4, 0.5) is 4.39 Å². The van der Waals surface area contributed by atoms with Gasteiger partial charge in [0, 0.05) is 37.0 Å². The molecular formula is C14H18FN3OS. The van der Waals surface area contributed by atoms with Crippen molar-refractivity contribution in [3.05, 3.63) is 47.8 Å². The summed E-state index contributed by atoms with van der Waals surface area (Å²) in [7, 11) is 1.68. The van der Waals surface area contributed by atoms with Crippen LogP contribution in [0.15, 0.2) is 35.4 Å². The molecule has 0 saturated heterocycles. The van der Waals surface area contributed by atoms with Crippen LogP contribution in [0.1, 0.15) is 11.5 Å². The second kappa shape index (κ2) is 8.04. The van der Waals surface area contributed by atoms with Crippen LogP contribution in [0.5, 0.6) is 0 Å². The molecule has 2 rings (SSSR count). The number of H-pyrrole nitrogens is 1. The fourth-order valence-electron chi connectivity index (χ4n) is 1.65. The Labute approximate surface area is 122 Å². The number of nitrogens with one attached hydrogen (secondary N) is 2. The Kier molecular flexibility index (Phi) is 6.04. The SMILES string of the molecule is COCCNCc1cnc(CSc2ccc(F)cc2)[nH]1. The molecule has 1 aromatic carbocycles. The summed E-state index contributed by atoms with van der Waals surface area (Å²) in [6.45, 7) is 2.26.